The molecule has 0 N–H and O–H groups in total. The molecule has 0 bridgehead atoms. The first-order valence-electron chi connectivity index (χ1n) is 2.50. The topological polar surface area (TPSA) is 39.4 Å². The minimum absolute atomic E-state index is 1.18. The molecule has 0 aliphatic carbocycles. The fourth-order valence-electron chi connectivity index (χ4n) is 0.453. The minimum Gasteiger partial charge on any atom is -0.175 e. The summed E-state index contributed by atoms with van der Waals surface area (Å²) in [7, 11) is 0. The monoisotopic (exact) mass is 119 g/mol. The Labute approximate surface area is 53.2 Å². The predicted octanol–water partition coefficient (Wildman–Crippen LogP) is 0.839. The lowest BCUT2D eigenvalue weighted by atomic mass is 10.5. The van der Waals surface area contributed by atoms with Crippen molar-refractivity contribution in [2.24, 2.45) is 5.10 Å². The van der Waals surface area contributed by atoms with Crippen LogP contribution in [0, 0.1) is 11.5 Å². The maximum Gasteiger partial charge on any atom is 0.206 e. The first kappa shape index (κ1) is 5.57. The van der Waals surface area contributed by atoms with Gasteiger partial charge in [-0.2, -0.15) is 15.4 Å². The molecule has 0 aromatic heterocycles. The summed E-state index contributed by atoms with van der Waals surface area (Å²) >= 11 is 0. The molecule has 0 aromatic rings. The van der Waals surface area contributed by atoms with Crippen LogP contribution in [-0.2, 0) is 0 Å². The zero-order chi connectivity index (χ0) is 6.53. The number of hydrogen-bond acceptors (Lipinski definition) is 3. The predicted molar refractivity (Wildman–Crippen MR) is 34.2 cm³/mol. The Morgan fingerprint density at radius 3 is 3.00 bits per heavy atom. The Morgan fingerprint density at radius 1 is 1.33 bits per heavy atom. The molecule has 0 atom stereocenters. The third kappa shape index (κ3) is 1.42. The molecule has 0 radical (unpaired) electrons. The van der Waals surface area contributed by atoms with Gasteiger partial charge in [0.05, 0.1) is 0 Å². The smallest absolute Gasteiger partial charge is 0.175 e. The van der Waals surface area contributed by atoms with Crippen LogP contribution in [0.15, 0.2) is 29.5 Å². The van der Waals surface area contributed by atoms with Crippen LogP contribution < -0.4 is 0 Å². The summed E-state index contributed by atoms with van der Waals surface area (Å²) < 4.78 is 0. The molecular formula is C6H5N3. The molecule has 9 heavy (non-hydrogen) atoms. The van der Waals surface area contributed by atoms with E-state index in [1.54, 1.807) is 30.6 Å². The van der Waals surface area contributed by atoms with Crippen molar-refractivity contribution in [3.05, 3.63) is 24.4 Å². The molecule has 3 heteroatoms. The molecule has 0 saturated heterocycles. The first-order chi connectivity index (χ1) is 4.43. The maximum atomic E-state index is 8.30. The average Bonchev–Trinajstić information content (AvgIpc) is 2.13. The van der Waals surface area contributed by atoms with E-state index in [1.807, 2.05) is 6.19 Å². The van der Waals surface area contributed by atoms with E-state index in [4.69, 9.17) is 5.26 Å². The van der Waals surface area contributed by atoms with Gasteiger partial charge in [0.1, 0.15) is 0 Å². The van der Waals surface area contributed by atoms with Crippen LogP contribution in [0.2, 0.25) is 0 Å². The highest BCUT2D eigenvalue weighted by atomic mass is 15.4. The molecule has 1 rings (SSSR count). The van der Waals surface area contributed by atoms with Gasteiger partial charge in [-0.1, -0.05) is 6.08 Å². The van der Waals surface area contributed by atoms with Gasteiger partial charge in [0.2, 0.25) is 6.19 Å². The lowest BCUT2D eigenvalue weighted by Crippen LogP contribution is -1.97. The standard InChI is InChI=1S/C6H5N3/c7-6-9-5-3-1-2-4-8-9/h1-5H. The van der Waals surface area contributed by atoms with Crippen molar-refractivity contribution in [1.29, 1.82) is 5.26 Å². The summed E-state index contributed by atoms with van der Waals surface area (Å²) in [6.07, 6.45) is 10.3. The highest BCUT2D eigenvalue weighted by molar-refractivity contribution is 5.71. The number of hydrogen-bond donors (Lipinski definition) is 0. The van der Waals surface area contributed by atoms with Gasteiger partial charge in [0.25, 0.3) is 0 Å². The van der Waals surface area contributed by atoms with Gasteiger partial charge in [-0.3, -0.25) is 0 Å². The van der Waals surface area contributed by atoms with Crippen molar-refractivity contribution in [2.75, 3.05) is 0 Å². The molecule has 0 unspecified atom stereocenters. The lowest BCUT2D eigenvalue weighted by molar-refractivity contribution is 0.571. The van der Waals surface area contributed by atoms with Crippen LogP contribution in [0.3, 0.4) is 0 Å². The normalized spacial score (nSPS) is 15.2. The zero-order valence-corrected chi connectivity index (χ0v) is 4.73. The van der Waals surface area contributed by atoms with Gasteiger partial charge >= 0.3 is 0 Å². The van der Waals surface area contributed by atoms with Crippen molar-refractivity contribution in [3.8, 4) is 6.19 Å². The second-order valence-electron chi connectivity index (χ2n) is 1.44. The summed E-state index contributed by atoms with van der Waals surface area (Å²) in [6, 6.07) is 0. The highest BCUT2D eigenvalue weighted by Crippen LogP contribution is 1.91. The van der Waals surface area contributed by atoms with Gasteiger partial charge in [-0.15, -0.1) is 0 Å². The van der Waals surface area contributed by atoms with E-state index in [-0.39, 0.29) is 0 Å². The maximum absolute atomic E-state index is 8.30. The second kappa shape index (κ2) is 2.68. The van der Waals surface area contributed by atoms with E-state index in [0.29, 0.717) is 0 Å². The van der Waals surface area contributed by atoms with E-state index in [1.165, 1.54) is 5.01 Å². The SMILES string of the molecule is N#CN1C=CC=CC=N1. The Balaban J connectivity index is 2.72. The number of allylic oxidation sites excluding steroid dienone is 3. The quantitative estimate of drug-likeness (QED) is 0.443. The summed E-state index contributed by atoms with van der Waals surface area (Å²) in [5.41, 5.74) is 0. The zero-order valence-electron chi connectivity index (χ0n) is 4.73. The Morgan fingerprint density at radius 2 is 2.22 bits per heavy atom. The van der Waals surface area contributed by atoms with Crippen LogP contribution in [0.5, 0.6) is 0 Å². The van der Waals surface area contributed by atoms with Crippen LogP contribution in [0.1, 0.15) is 0 Å². The highest BCUT2D eigenvalue weighted by Gasteiger charge is 1.88. The Hall–Kier alpha value is -1.56. The van der Waals surface area contributed by atoms with Crippen LogP contribution in [-0.4, -0.2) is 11.2 Å². The number of nitrogens with zero attached hydrogens (tertiary/aromatic N) is 3. The third-order valence-corrected chi connectivity index (χ3v) is 0.829. The average molecular weight is 119 g/mol. The Kier molecular flexibility index (Phi) is 1.66. The van der Waals surface area contributed by atoms with Crippen molar-refractivity contribution >= 4 is 6.21 Å². The minimum atomic E-state index is 1.18. The third-order valence-electron chi connectivity index (χ3n) is 0.829. The Bertz CT molecular complexity index is 191. The van der Waals surface area contributed by atoms with E-state index in [2.05, 4.69) is 5.10 Å². The summed E-state index contributed by atoms with van der Waals surface area (Å²) in [4.78, 5) is 0. The molecule has 1 heterocycles. The molecule has 44 valence electrons. The van der Waals surface area contributed by atoms with Gasteiger partial charge in [0.15, 0.2) is 0 Å². The molecule has 1 aliphatic heterocycles. The number of nitriles is 1. The second-order valence-corrected chi connectivity index (χ2v) is 1.44. The molecule has 0 saturated carbocycles. The molecule has 1 aliphatic rings. The number of hydrazone groups is 1. The largest absolute Gasteiger partial charge is 0.206 e. The van der Waals surface area contributed by atoms with Crippen LogP contribution in [0.25, 0.3) is 0 Å². The molecule has 0 fully saturated rings. The van der Waals surface area contributed by atoms with Gasteiger partial charge in [-0.05, 0) is 12.2 Å². The molecule has 3 nitrogen and oxygen atoms in total. The van der Waals surface area contributed by atoms with Crippen molar-refractivity contribution in [2.45, 2.75) is 0 Å². The van der Waals surface area contributed by atoms with E-state index in [0.717, 1.165) is 0 Å². The fourth-order valence-corrected chi connectivity index (χ4v) is 0.453. The summed E-state index contributed by atoms with van der Waals surface area (Å²) in [5.74, 6) is 0. The van der Waals surface area contributed by atoms with Crippen LogP contribution >= 0.6 is 0 Å². The first-order valence-corrected chi connectivity index (χ1v) is 2.50. The van der Waals surface area contributed by atoms with E-state index < -0.39 is 0 Å². The van der Waals surface area contributed by atoms with Crippen molar-refractivity contribution in [3.63, 3.8) is 0 Å². The van der Waals surface area contributed by atoms with Crippen LogP contribution in [0.4, 0.5) is 0 Å². The molecule has 0 spiro atoms. The molecular weight excluding hydrogens is 114 g/mol. The van der Waals surface area contributed by atoms with Gasteiger partial charge < -0.3 is 0 Å². The van der Waals surface area contributed by atoms with Crippen molar-refractivity contribution < 1.29 is 0 Å². The van der Waals surface area contributed by atoms with Gasteiger partial charge in [0, 0.05) is 12.4 Å². The van der Waals surface area contributed by atoms with Gasteiger partial charge in [-0.25, -0.2) is 0 Å². The number of rotatable bonds is 0. The fraction of sp³-hybridized carbons (Fsp3) is 0. The molecule has 0 amide bonds. The van der Waals surface area contributed by atoms with Crippen molar-refractivity contribution in [1.82, 2.24) is 5.01 Å². The molecule has 0 aromatic carbocycles. The lowest BCUT2D eigenvalue weighted by Gasteiger charge is -1.95. The summed E-state index contributed by atoms with van der Waals surface area (Å²) in [5, 5.41) is 13.2. The summed E-state index contributed by atoms with van der Waals surface area (Å²) in [6.45, 7) is 0. The van der Waals surface area contributed by atoms with E-state index in [9.17, 15) is 0 Å². The van der Waals surface area contributed by atoms with E-state index >= 15 is 0 Å².